The maximum Gasteiger partial charge on any atom is 0.490 e. The summed E-state index contributed by atoms with van der Waals surface area (Å²) >= 11 is 0. The van der Waals surface area contributed by atoms with E-state index in [9.17, 15) is 35.9 Å². The summed E-state index contributed by atoms with van der Waals surface area (Å²) in [7, 11) is 1.28. The quantitative estimate of drug-likeness (QED) is 0.276. The lowest BCUT2D eigenvalue weighted by molar-refractivity contribution is -0.192. The van der Waals surface area contributed by atoms with E-state index in [0.717, 1.165) is 6.07 Å². The van der Waals surface area contributed by atoms with Crippen molar-refractivity contribution in [1.29, 1.82) is 0 Å². The second kappa shape index (κ2) is 13.5. The molecule has 1 fully saturated rings. The van der Waals surface area contributed by atoms with Crippen LogP contribution in [0.5, 0.6) is 17.2 Å². The maximum absolute atomic E-state index is 13.4. The second-order valence-electron chi connectivity index (χ2n) is 8.93. The van der Waals surface area contributed by atoms with Crippen molar-refractivity contribution in [1.82, 2.24) is 21.1 Å². The van der Waals surface area contributed by atoms with Crippen LogP contribution >= 0.6 is 0 Å². The summed E-state index contributed by atoms with van der Waals surface area (Å²) in [5.41, 5.74) is -1.43. The number of carboxylic acid groups (broad SMARTS) is 1. The zero-order chi connectivity index (χ0) is 31.8. The molecule has 1 aliphatic heterocycles. The Kier molecular flexibility index (Phi) is 10.2. The first-order valence-corrected chi connectivity index (χ1v) is 12.2. The molecule has 4 N–H and O–H groups in total. The van der Waals surface area contributed by atoms with Gasteiger partial charge in [0.25, 0.3) is 5.91 Å². The van der Waals surface area contributed by atoms with Crippen LogP contribution in [0.15, 0.2) is 59.3 Å². The van der Waals surface area contributed by atoms with Crippen molar-refractivity contribution >= 4 is 17.8 Å². The first-order chi connectivity index (χ1) is 20.1. The number of nitrogens with zero attached hydrogens (tertiary/aromatic N) is 1. The molecule has 0 aliphatic carbocycles. The van der Waals surface area contributed by atoms with Crippen molar-refractivity contribution in [2.24, 2.45) is 0 Å². The summed E-state index contributed by atoms with van der Waals surface area (Å²) in [4.78, 5) is 34.3. The average molecular weight is 618 g/mol. The van der Waals surface area contributed by atoms with E-state index in [1.807, 2.05) is 0 Å². The molecule has 1 aliphatic rings. The highest BCUT2D eigenvalue weighted by molar-refractivity contribution is 5.97. The van der Waals surface area contributed by atoms with E-state index in [1.165, 1.54) is 43.6 Å². The zero-order valence-corrected chi connectivity index (χ0v) is 22.1. The largest absolute Gasteiger partial charge is 0.497 e. The van der Waals surface area contributed by atoms with Crippen LogP contribution in [0.1, 0.15) is 28.1 Å². The number of amides is 2. The number of benzene rings is 2. The van der Waals surface area contributed by atoms with E-state index in [2.05, 4.69) is 21.1 Å². The Balaban J connectivity index is 0.000000646. The van der Waals surface area contributed by atoms with Crippen LogP contribution in [0.4, 0.5) is 26.3 Å². The molecule has 2 heterocycles. The summed E-state index contributed by atoms with van der Waals surface area (Å²) in [6, 6.07) is 11.1. The van der Waals surface area contributed by atoms with Gasteiger partial charge in [-0.15, -0.1) is 0 Å². The number of carboxylic acids is 1. The van der Waals surface area contributed by atoms with Gasteiger partial charge in [-0.05, 0) is 48.9 Å². The number of carbonyl (C=O) groups is 3. The Hall–Kier alpha value is -4.80. The molecule has 11 nitrogen and oxygen atoms in total. The molecule has 4 rings (SSSR count). The molecule has 17 heteroatoms. The molecule has 0 saturated carbocycles. The SMILES string of the molecule is COc1ccc(Oc2ccc(CNC(=O)C3(NC(=O)c4ccno4)CCNC3)cc2)c(C(F)(F)F)c1.O=C(O)C(F)(F)F. The number of methoxy groups -OCH3 is 1. The minimum Gasteiger partial charge on any atom is -0.497 e. The van der Waals surface area contributed by atoms with Crippen LogP contribution < -0.4 is 25.4 Å². The second-order valence-corrected chi connectivity index (χ2v) is 8.93. The van der Waals surface area contributed by atoms with Crippen molar-refractivity contribution < 1.29 is 59.8 Å². The minimum atomic E-state index is -5.08. The predicted octanol–water partition coefficient (Wildman–Crippen LogP) is 3.91. The van der Waals surface area contributed by atoms with E-state index in [4.69, 9.17) is 23.9 Å². The standard InChI is InChI=1S/C24H23F3N4O5.C2HF3O2/c1-34-17-6-7-19(18(12-17)24(25,26)27)35-16-4-2-15(3-5-16)13-29-22(33)23(9-11-28-14-23)31-21(32)20-8-10-30-36-20;3-2(4,5)1(6)7/h2-8,10,12,28H,9,11,13-14H2,1H3,(H,29,33)(H,31,32);(H,6,7). The van der Waals surface area contributed by atoms with E-state index >= 15 is 0 Å². The number of rotatable bonds is 8. The monoisotopic (exact) mass is 618 g/mol. The van der Waals surface area contributed by atoms with Gasteiger partial charge in [-0.25, -0.2) is 4.79 Å². The summed E-state index contributed by atoms with van der Waals surface area (Å²) in [5.74, 6) is -3.80. The molecule has 3 aromatic rings. The number of halogens is 6. The Morgan fingerprint density at radius 1 is 1.05 bits per heavy atom. The molecule has 0 bridgehead atoms. The highest BCUT2D eigenvalue weighted by atomic mass is 19.4. The van der Waals surface area contributed by atoms with Crippen LogP contribution in [0.25, 0.3) is 0 Å². The number of alkyl halides is 6. The van der Waals surface area contributed by atoms with Gasteiger partial charge in [0, 0.05) is 19.2 Å². The van der Waals surface area contributed by atoms with Crippen LogP contribution in [-0.4, -0.2) is 60.0 Å². The number of nitrogens with one attached hydrogen (secondary N) is 3. The third kappa shape index (κ3) is 8.84. The fourth-order valence-corrected chi connectivity index (χ4v) is 3.76. The van der Waals surface area contributed by atoms with Crippen LogP contribution in [-0.2, 0) is 22.3 Å². The fraction of sp³-hybridized carbons (Fsp3) is 0.308. The van der Waals surface area contributed by atoms with Crippen molar-refractivity contribution in [3.63, 3.8) is 0 Å². The highest BCUT2D eigenvalue weighted by Gasteiger charge is 2.43. The van der Waals surface area contributed by atoms with Crippen LogP contribution in [0.3, 0.4) is 0 Å². The van der Waals surface area contributed by atoms with Crippen molar-refractivity contribution in [2.75, 3.05) is 20.2 Å². The lowest BCUT2D eigenvalue weighted by atomic mass is 9.96. The van der Waals surface area contributed by atoms with E-state index in [1.54, 1.807) is 12.1 Å². The minimum absolute atomic E-state index is 0.00444. The molecular weight excluding hydrogens is 594 g/mol. The van der Waals surface area contributed by atoms with Gasteiger partial charge in [0.2, 0.25) is 11.7 Å². The first-order valence-electron chi connectivity index (χ1n) is 12.2. The van der Waals surface area contributed by atoms with Crippen molar-refractivity contribution in [2.45, 2.75) is 30.9 Å². The van der Waals surface area contributed by atoms with E-state index < -0.39 is 35.3 Å². The van der Waals surface area contributed by atoms with Gasteiger partial charge >= 0.3 is 18.3 Å². The van der Waals surface area contributed by atoms with Crippen LogP contribution in [0, 0.1) is 0 Å². The van der Waals surface area contributed by atoms with Gasteiger partial charge in [-0.3, -0.25) is 9.59 Å². The third-order valence-electron chi connectivity index (χ3n) is 5.94. The number of ether oxygens (including phenoxy) is 2. The van der Waals surface area contributed by atoms with Gasteiger partial charge in [-0.1, -0.05) is 17.3 Å². The Morgan fingerprint density at radius 3 is 2.21 bits per heavy atom. The number of hydrogen-bond donors (Lipinski definition) is 4. The summed E-state index contributed by atoms with van der Waals surface area (Å²) in [6.07, 6.45) is -7.99. The molecule has 1 aromatic heterocycles. The third-order valence-corrected chi connectivity index (χ3v) is 5.94. The summed E-state index contributed by atoms with van der Waals surface area (Å²) < 4.78 is 87.2. The predicted molar refractivity (Wildman–Crippen MR) is 134 cm³/mol. The molecular formula is C26H24F6N4O7. The zero-order valence-electron chi connectivity index (χ0n) is 22.1. The van der Waals surface area contributed by atoms with Crippen LogP contribution in [0.2, 0.25) is 0 Å². The molecule has 0 spiro atoms. The van der Waals surface area contributed by atoms with Gasteiger partial charge in [0.15, 0.2) is 0 Å². The summed E-state index contributed by atoms with van der Waals surface area (Å²) in [6.45, 7) is 0.922. The fourth-order valence-electron chi connectivity index (χ4n) is 3.76. The normalized spacial score (nSPS) is 16.4. The lowest BCUT2D eigenvalue weighted by Crippen LogP contribution is -2.60. The molecule has 1 atom stereocenters. The van der Waals surface area contributed by atoms with E-state index in [-0.39, 0.29) is 42.0 Å². The first kappa shape index (κ1) is 32.7. The van der Waals surface area contributed by atoms with Gasteiger partial charge < -0.3 is 35.1 Å². The Bertz CT molecular complexity index is 1400. The van der Waals surface area contributed by atoms with Gasteiger partial charge in [-0.2, -0.15) is 26.3 Å². The summed E-state index contributed by atoms with van der Waals surface area (Å²) in [5, 5.41) is 19.2. The molecule has 1 saturated heterocycles. The maximum atomic E-state index is 13.4. The lowest BCUT2D eigenvalue weighted by Gasteiger charge is -2.27. The van der Waals surface area contributed by atoms with E-state index in [0.29, 0.717) is 18.5 Å². The van der Waals surface area contributed by atoms with Gasteiger partial charge in [0.1, 0.15) is 28.4 Å². The highest BCUT2D eigenvalue weighted by Crippen LogP contribution is 2.40. The Morgan fingerprint density at radius 2 is 1.70 bits per heavy atom. The average Bonchev–Trinajstić information content (AvgIpc) is 3.65. The molecule has 43 heavy (non-hydrogen) atoms. The Labute approximate surface area is 239 Å². The number of aromatic nitrogens is 1. The van der Waals surface area contributed by atoms with Crippen molar-refractivity contribution in [3.8, 4) is 17.2 Å². The number of carbonyl (C=O) groups excluding carboxylic acids is 2. The smallest absolute Gasteiger partial charge is 0.490 e. The van der Waals surface area contributed by atoms with Gasteiger partial charge in [0.05, 0.1) is 13.3 Å². The topological polar surface area (TPSA) is 152 Å². The molecule has 1 unspecified atom stereocenters. The number of aliphatic carboxylic acids is 1. The molecule has 2 amide bonds. The number of hydrogen-bond acceptors (Lipinski definition) is 8. The van der Waals surface area contributed by atoms with Crippen molar-refractivity contribution in [3.05, 3.63) is 71.6 Å². The molecule has 232 valence electrons. The molecule has 2 aromatic carbocycles. The molecule has 0 radical (unpaired) electrons.